The minimum Gasteiger partial charge on any atom is -0.480 e. The van der Waals surface area contributed by atoms with Crippen LogP contribution < -0.4 is 5.32 Å². The molecule has 7 nitrogen and oxygen atoms in total. The number of carboxylic acids is 2. The fraction of sp³-hybridized carbons (Fsp3) is 0.308. The summed E-state index contributed by atoms with van der Waals surface area (Å²) in [6.45, 7) is -1.10. The molecule has 0 bridgehead atoms. The Morgan fingerprint density at radius 3 is 2.30 bits per heavy atom. The minimum atomic E-state index is -1.20. The number of hydrogen-bond acceptors (Lipinski definition) is 4. The van der Waals surface area contributed by atoms with Gasteiger partial charge in [0, 0.05) is 6.42 Å². The quantitative estimate of drug-likeness (QED) is 0.613. The molecule has 0 spiro atoms. The largest absolute Gasteiger partial charge is 0.480 e. The average molecular weight is 281 g/mol. The first-order valence-corrected chi connectivity index (χ1v) is 5.84. The van der Waals surface area contributed by atoms with E-state index in [0.29, 0.717) is 0 Å². The molecule has 0 heterocycles. The standard InChI is InChI=1S/C13H15NO6/c15-11(7-20-8-12(16)17)14-10(13(18)19)6-9-4-2-1-3-5-9/h1-5,10H,6-8H2,(H,14,15)(H,16,17)(H,18,19)/t10-/m0/s1. The van der Waals surface area contributed by atoms with Crippen molar-refractivity contribution in [2.24, 2.45) is 0 Å². The normalized spacial score (nSPS) is 11.6. The zero-order valence-electron chi connectivity index (χ0n) is 10.6. The van der Waals surface area contributed by atoms with Gasteiger partial charge in [-0.3, -0.25) is 4.79 Å². The summed E-state index contributed by atoms with van der Waals surface area (Å²) in [5.74, 6) is -3.04. The summed E-state index contributed by atoms with van der Waals surface area (Å²) in [4.78, 5) is 32.7. The Balaban J connectivity index is 2.49. The van der Waals surface area contributed by atoms with E-state index in [1.165, 1.54) is 0 Å². The van der Waals surface area contributed by atoms with E-state index in [-0.39, 0.29) is 6.42 Å². The molecule has 7 heteroatoms. The number of nitrogens with one attached hydrogen (secondary N) is 1. The zero-order valence-corrected chi connectivity index (χ0v) is 10.6. The van der Waals surface area contributed by atoms with Gasteiger partial charge >= 0.3 is 11.9 Å². The average Bonchev–Trinajstić information content (AvgIpc) is 2.38. The second-order valence-electron chi connectivity index (χ2n) is 4.03. The molecule has 0 aliphatic heterocycles. The lowest BCUT2D eigenvalue weighted by Gasteiger charge is -2.14. The van der Waals surface area contributed by atoms with E-state index >= 15 is 0 Å². The smallest absolute Gasteiger partial charge is 0.329 e. The number of benzene rings is 1. The highest BCUT2D eigenvalue weighted by Gasteiger charge is 2.20. The molecule has 1 aromatic carbocycles. The van der Waals surface area contributed by atoms with Crippen LogP contribution in [0.15, 0.2) is 30.3 Å². The third kappa shape index (κ3) is 5.96. The van der Waals surface area contributed by atoms with Gasteiger partial charge in [0.05, 0.1) is 0 Å². The van der Waals surface area contributed by atoms with Gasteiger partial charge in [0.15, 0.2) is 0 Å². The molecule has 20 heavy (non-hydrogen) atoms. The van der Waals surface area contributed by atoms with Crippen LogP contribution in [0.25, 0.3) is 0 Å². The molecule has 0 aromatic heterocycles. The van der Waals surface area contributed by atoms with Crippen molar-refractivity contribution in [1.29, 1.82) is 0 Å². The number of aliphatic carboxylic acids is 2. The third-order valence-electron chi connectivity index (χ3n) is 2.37. The van der Waals surface area contributed by atoms with Crippen LogP contribution in [0.1, 0.15) is 5.56 Å². The van der Waals surface area contributed by atoms with E-state index in [1.54, 1.807) is 30.3 Å². The lowest BCUT2D eigenvalue weighted by atomic mass is 10.1. The first kappa shape index (κ1) is 15.6. The summed E-state index contributed by atoms with van der Waals surface area (Å²) in [5.41, 5.74) is 0.770. The maximum atomic E-state index is 11.4. The number of amides is 1. The second kappa shape index (κ2) is 7.90. The highest BCUT2D eigenvalue weighted by molar-refractivity contribution is 5.84. The Labute approximate surface area is 115 Å². The fourth-order valence-corrected chi connectivity index (χ4v) is 1.52. The van der Waals surface area contributed by atoms with E-state index in [9.17, 15) is 14.4 Å². The minimum absolute atomic E-state index is 0.140. The van der Waals surface area contributed by atoms with Gasteiger partial charge in [0.2, 0.25) is 5.91 Å². The number of carbonyl (C=O) groups is 3. The maximum absolute atomic E-state index is 11.4. The second-order valence-corrected chi connectivity index (χ2v) is 4.03. The van der Waals surface area contributed by atoms with Crippen LogP contribution in [0.5, 0.6) is 0 Å². The number of ether oxygens (including phenoxy) is 1. The summed E-state index contributed by atoms with van der Waals surface area (Å²) < 4.78 is 4.58. The zero-order chi connectivity index (χ0) is 15.0. The molecule has 0 fully saturated rings. The van der Waals surface area contributed by atoms with E-state index in [1.807, 2.05) is 0 Å². The van der Waals surface area contributed by atoms with Gasteiger partial charge in [-0.15, -0.1) is 0 Å². The van der Waals surface area contributed by atoms with Gasteiger partial charge in [-0.25, -0.2) is 9.59 Å². The molecule has 1 rings (SSSR count). The summed E-state index contributed by atoms with van der Waals surface area (Å²) >= 11 is 0. The van der Waals surface area contributed by atoms with Gasteiger partial charge in [-0.1, -0.05) is 30.3 Å². The molecule has 1 atom stereocenters. The van der Waals surface area contributed by atoms with Crippen molar-refractivity contribution in [2.75, 3.05) is 13.2 Å². The monoisotopic (exact) mass is 281 g/mol. The predicted octanol–water partition coefficient (Wildman–Crippen LogP) is -0.100. The van der Waals surface area contributed by atoms with Gasteiger partial charge in [-0.05, 0) is 5.56 Å². The summed E-state index contributed by atoms with van der Waals surface area (Å²) in [7, 11) is 0. The van der Waals surface area contributed by atoms with Crippen molar-refractivity contribution in [3.05, 3.63) is 35.9 Å². The Hall–Kier alpha value is -2.41. The highest BCUT2D eigenvalue weighted by Crippen LogP contribution is 2.03. The van der Waals surface area contributed by atoms with Crippen molar-refractivity contribution < 1.29 is 29.3 Å². The first-order valence-electron chi connectivity index (χ1n) is 5.84. The summed E-state index contributed by atoms with van der Waals surface area (Å²) in [6, 6.07) is 7.76. The van der Waals surface area contributed by atoms with Gasteiger partial charge in [0.1, 0.15) is 19.3 Å². The maximum Gasteiger partial charge on any atom is 0.329 e. The summed E-state index contributed by atoms with van der Waals surface area (Å²) in [5, 5.41) is 19.7. The number of hydrogen-bond donors (Lipinski definition) is 3. The van der Waals surface area contributed by atoms with Crippen LogP contribution in [0.4, 0.5) is 0 Å². The molecule has 0 aliphatic carbocycles. The van der Waals surface area contributed by atoms with Crippen molar-refractivity contribution in [3.63, 3.8) is 0 Å². The van der Waals surface area contributed by atoms with E-state index in [4.69, 9.17) is 10.2 Å². The van der Waals surface area contributed by atoms with Crippen LogP contribution >= 0.6 is 0 Å². The SMILES string of the molecule is O=C(O)COCC(=O)N[C@@H](Cc1ccccc1)C(=O)O. The highest BCUT2D eigenvalue weighted by atomic mass is 16.5. The molecule has 1 aromatic rings. The fourth-order valence-electron chi connectivity index (χ4n) is 1.52. The van der Waals surface area contributed by atoms with Crippen molar-refractivity contribution >= 4 is 17.8 Å². The van der Waals surface area contributed by atoms with Crippen LogP contribution in [0, 0.1) is 0 Å². The number of carbonyl (C=O) groups excluding carboxylic acids is 1. The molecule has 0 saturated carbocycles. The molecule has 0 unspecified atom stereocenters. The topological polar surface area (TPSA) is 113 Å². The summed E-state index contributed by atoms with van der Waals surface area (Å²) in [6.07, 6.45) is 0.140. The van der Waals surface area contributed by atoms with Crippen molar-refractivity contribution in [3.8, 4) is 0 Å². The third-order valence-corrected chi connectivity index (χ3v) is 2.37. The number of carboxylic acid groups (broad SMARTS) is 2. The first-order chi connectivity index (χ1) is 9.49. The van der Waals surface area contributed by atoms with Crippen molar-refractivity contribution in [2.45, 2.75) is 12.5 Å². The molecular weight excluding hydrogens is 266 g/mol. The van der Waals surface area contributed by atoms with E-state index < -0.39 is 37.1 Å². The van der Waals surface area contributed by atoms with Crippen LogP contribution in [-0.2, 0) is 25.5 Å². The van der Waals surface area contributed by atoms with E-state index in [2.05, 4.69) is 10.1 Å². The van der Waals surface area contributed by atoms with Gasteiger partial charge < -0.3 is 20.3 Å². The molecular formula is C13H15NO6. The Kier molecular flexibility index (Phi) is 6.18. The van der Waals surface area contributed by atoms with Crippen LogP contribution in [0.2, 0.25) is 0 Å². The predicted molar refractivity (Wildman–Crippen MR) is 68.2 cm³/mol. The molecule has 108 valence electrons. The molecule has 0 saturated heterocycles. The Morgan fingerprint density at radius 1 is 1.10 bits per heavy atom. The lowest BCUT2D eigenvalue weighted by molar-refractivity contribution is -0.146. The molecule has 0 aliphatic rings. The van der Waals surface area contributed by atoms with Gasteiger partial charge in [-0.2, -0.15) is 0 Å². The van der Waals surface area contributed by atoms with E-state index in [0.717, 1.165) is 5.56 Å². The molecule has 3 N–H and O–H groups in total. The Bertz CT molecular complexity index is 473. The van der Waals surface area contributed by atoms with Crippen LogP contribution in [-0.4, -0.2) is 47.3 Å². The molecule has 1 amide bonds. The van der Waals surface area contributed by atoms with Crippen molar-refractivity contribution in [1.82, 2.24) is 5.32 Å². The lowest BCUT2D eigenvalue weighted by Crippen LogP contribution is -2.44. The Morgan fingerprint density at radius 2 is 1.75 bits per heavy atom. The van der Waals surface area contributed by atoms with Crippen LogP contribution in [0.3, 0.4) is 0 Å². The number of rotatable bonds is 8. The molecule has 0 radical (unpaired) electrons. The van der Waals surface area contributed by atoms with Gasteiger partial charge in [0.25, 0.3) is 0 Å².